The zero-order valence-corrected chi connectivity index (χ0v) is 16.9. The molecule has 0 saturated carbocycles. The van der Waals surface area contributed by atoms with Gasteiger partial charge in [-0.1, -0.05) is 43.3 Å². The number of anilines is 2. The maximum atomic E-state index is 14.0. The Balaban J connectivity index is 1.90. The van der Waals surface area contributed by atoms with Crippen molar-refractivity contribution in [2.45, 2.75) is 18.2 Å². The van der Waals surface area contributed by atoms with Crippen LogP contribution in [-0.2, 0) is 16.4 Å². The highest BCUT2D eigenvalue weighted by atomic mass is 32.2. The average Bonchev–Trinajstić information content (AvgIpc) is 2.74. The van der Waals surface area contributed by atoms with Crippen LogP contribution in [0.25, 0.3) is 0 Å². The third kappa shape index (κ3) is 4.30. The molecule has 3 aromatic rings. The number of hydrogen-bond acceptors (Lipinski definition) is 3. The minimum absolute atomic E-state index is 0.0702. The second-order valence-corrected chi connectivity index (χ2v) is 8.39. The van der Waals surface area contributed by atoms with E-state index in [9.17, 15) is 17.6 Å². The molecule has 1 amide bonds. The molecule has 7 heteroatoms. The third-order valence-corrected chi connectivity index (χ3v) is 6.36. The molecular formula is C22H21FN2O3S. The van der Waals surface area contributed by atoms with Crippen molar-refractivity contribution in [3.63, 3.8) is 0 Å². The molecule has 0 bridgehead atoms. The first kappa shape index (κ1) is 20.5. The highest BCUT2D eigenvalue weighted by Gasteiger charge is 2.24. The first-order chi connectivity index (χ1) is 13.8. The number of para-hydroxylation sites is 2. The van der Waals surface area contributed by atoms with Crippen LogP contribution in [0.3, 0.4) is 0 Å². The van der Waals surface area contributed by atoms with Crippen LogP contribution in [0.2, 0.25) is 0 Å². The van der Waals surface area contributed by atoms with Crippen LogP contribution in [0, 0.1) is 5.82 Å². The molecule has 0 atom stereocenters. The van der Waals surface area contributed by atoms with Gasteiger partial charge >= 0.3 is 0 Å². The molecule has 29 heavy (non-hydrogen) atoms. The monoisotopic (exact) mass is 412 g/mol. The Kier molecular flexibility index (Phi) is 5.98. The summed E-state index contributed by atoms with van der Waals surface area (Å²) < 4.78 is 40.8. The summed E-state index contributed by atoms with van der Waals surface area (Å²) >= 11 is 0. The van der Waals surface area contributed by atoms with Gasteiger partial charge in [-0.05, 0) is 48.4 Å². The number of rotatable bonds is 6. The average molecular weight is 412 g/mol. The molecule has 0 aliphatic heterocycles. The van der Waals surface area contributed by atoms with E-state index in [4.69, 9.17) is 0 Å². The van der Waals surface area contributed by atoms with Crippen LogP contribution in [0.1, 0.15) is 22.8 Å². The van der Waals surface area contributed by atoms with Gasteiger partial charge in [0.1, 0.15) is 5.82 Å². The van der Waals surface area contributed by atoms with Gasteiger partial charge < -0.3 is 5.32 Å². The zero-order chi connectivity index (χ0) is 21.0. The van der Waals surface area contributed by atoms with Crippen molar-refractivity contribution in [1.82, 2.24) is 0 Å². The minimum Gasteiger partial charge on any atom is -0.322 e. The van der Waals surface area contributed by atoms with Gasteiger partial charge in [0.2, 0.25) is 0 Å². The molecule has 0 aliphatic rings. The van der Waals surface area contributed by atoms with Crippen molar-refractivity contribution in [3.8, 4) is 0 Å². The summed E-state index contributed by atoms with van der Waals surface area (Å²) in [4.78, 5) is 12.6. The summed E-state index contributed by atoms with van der Waals surface area (Å²) in [6.07, 6.45) is 0.748. The highest BCUT2D eigenvalue weighted by Crippen LogP contribution is 2.25. The van der Waals surface area contributed by atoms with Crippen LogP contribution in [0.15, 0.2) is 77.7 Å². The number of amides is 1. The van der Waals surface area contributed by atoms with E-state index in [1.807, 2.05) is 25.1 Å². The van der Waals surface area contributed by atoms with Gasteiger partial charge in [0, 0.05) is 18.3 Å². The van der Waals surface area contributed by atoms with Gasteiger partial charge in [-0.25, -0.2) is 12.8 Å². The van der Waals surface area contributed by atoms with Crippen molar-refractivity contribution >= 4 is 27.3 Å². The molecule has 0 spiro atoms. The molecule has 0 heterocycles. The van der Waals surface area contributed by atoms with Crippen LogP contribution in [0.4, 0.5) is 15.8 Å². The summed E-state index contributed by atoms with van der Waals surface area (Å²) in [7, 11) is -2.77. The molecule has 0 fully saturated rings. The molecule has 3 rings (SSSR count). The van der Waals surface area contributed by atoms with Crippen molar-refractivity contribution in [1.29, 1.82) is 0 Å². The zero-order valence-electron chi connectivity index (χ0n) is 16.1. The van der Waals surface area contributed by atoms with E-state index < -0.39 is 21.7 Å². The first-order valence-electron chi connectivity index (χ1n) is 9.07. The predicted molar refractivity (Wildman–Crippen MR) is 112 cm³/mol. The van der Waals surface area contributed by atoms with Crippen LogP contribution < -0.4 is 9.62 Å². The second-order valence-electron chi connectivity index (χ2n) is 6.42. The molecule has 0 radical (unpaired) electrons. The Labute approximate surface area is 169 Å². The van der Waals surface area contributed by atoms with Crippen molar-refractivity contribution in [2.75, 3.05) is 16.7 Å². The second kappa shape index (κ2) is 8.45. The maximum absolute atomic E-state index is 14.0. The normalized spacial score (nSPS) is 11.1. The van der Waals surface area contributed by atoms with Crippen molar-refractivity contribution in [3.05, 3.63) is 89.7 Å². The Morgan fingerprint density at radius 2 is 1.69 bits per heavy atom. The lowest BCUT2D eigenvalue weighted by atomic mass is 10.1. The standard InChI is InChI=1S/C22H21FN2O3S/c1-3-16-9-4-6-13-20(16)24-22(26)17-10-8-11-18(15-17)29(27,28)25(2)21-14-7-5-12-19(21)23/h4-15H,3H2,1-2H3,(H,24,26). The fourth-order valence-electron chi connectivity index (χ4n) is 2.94. The summed E-state index contributed by atoms with van der Waals surface area (Å²) in [6.45, 7) is 1.98. The van der Waals surface area contributed by atoms with E-state index in [2.05, 4.69) is 5.32 Å². The number of carbonyl (C=O) groups is 1. The molecule has 150 valence electrons. The van der Waals surface area contributed by atoms with E-state index in [1.165, 1.54) is 49.5 Å². The number of aryl methyl sites for hydroxylation is 1. The Bertz CT molecular complexity index is 1150. The van der Waals surface area contributed by atoms with E-state index in [1.54, 1.807) is 12.1 Å². The van der Waals surface area contributed by atoms with Crippen LogP contribution in [-0.4, -0.2) is 21.4 Å². The Morgan fingerprint density at radius 1 is 1.00 bits per heavy atom. The summed E-state index contributed by atoms with van der Waals surface area (Å²) in [6, 6.07) is 18.7. The van der Waals surface area contributed by atoms with Gasteiger partial charge in [-0.2, -0.15) is 0 Å². The van der Waals surface area contributed by atoms with Gasteiger partial charge in [-0.15, -0.1) is 0 Å². The summed E-state index contributed by atoms with van der Waals surface area (Å²) in [5, 5.41) is 2.82. The minimum atomic E-state index is -4.04. The van der Waals surface area contributed by atoms with Crippen molar-refractivity contribution < 1.29 is 17.6 Å². The summed E-state index contributed by atoms with van der Waals surface area (Å²) in [5.41, 5.74) is 1.78. The molecule has 0 aliphatic carbocycles. The predicted octanol–water partition coefficient (Wildman–Crippen LogP) is 4.47. The van der Waals surface area contributed by atoms with Gasteiger partial charge in [0.05, 0.1) is 10.6 Å². The SMILES string of the molecule is CCc1ccccc1NC(=O)c1cccc(S(=O)(=O)N(C)c2ccccc2F)c1. The smallest absolute Gasteiger partial charge is 0.264 e. The van der Waals surface area contributed by atoms with Crippen molar-refractivity contribution in [2.24, 2.45) is 0 Å². The number of halogens is 1. The van der Waals surface area contributed by atoms with Gasteiger partial charge in [-0.3, -0.25) is 9.10 Å². The third-order valence-electron chi connectivity index (χ3n) is 4.59. The lowest BCUT2D eigenvalue weighted by Gasteiger charge is -2.20. The molecule has 0 saturated heterocycles. The van der Waals surface area contributed by atoms with Crippen LogP contribution >= 0.6 is 0 Å². The molecule has 3 aromatic carbocycles. The van der Waals surface area contributed by atoms with E-state index >= 15 is 0 Å². The summed E-state index contributed by atoms with van der Waals surface area (Å²) in [5.74, 6) is -1.07. The van der Waals surface area contributed by atoms with E-state index in [0.29, 0.717) is 5.69 Å². The number of hydrogen-bond donors (Lipinski definition) is 1. The molecule has 0 unspecified atom stereocenters. The topological polar surface area (TPSA) is 66.5 Å². The largest absolute Gasteiger partial charge is 0.322 e. The molecule has 0 aromatic heterocycles. The number of benzene rings is 3. The first-order valence-corrected chi connectivity index (χ1v) is 10.5. The fourth-order valence-corrected chi connectivity index (χ4v) is 4.19. The molecular weight excluding hydrogens is 391 g/mol. The lowest BCUT2D eigenvalue weighted by molar-refractivity contribution is 0.102. The van der Waals surface area contributed by atoms with Crippen LogP contribution in [0.5, 0.6) is 0 Å². The van der Waals surface area contributed by atoms with Gasteiger partial charge in [0.15, 0.2) is 0 Å². The number of sulfonamides is 1. The van der Waals surface area contributed by atoms with E-state index in [0.717, 1.165) is 16.3 Å². The highest BCUT2D eigenvalue weighted by molar-refractivity contribution is 7.92. The molecule has 1 N–H and O–H groups in total. The lowest BCUT2D eigenvalue weighted by Crippen LogP contribution is -2.27. The number of carbonyl (C=O) groups excluding carboxylic acids is 1. The Morgan fingerprint density at radius 3 is 2.41 bits per heavy atom. The van der Waals surface area contributed by atoms with Gasteiger partial charge in [0.25, 0.3) is 15.9 Å². The number of nitrogens with zero attached hydrogens (tertiary/aromatic N) is 1. The quantitative estimate of drug-likeness (QED) is 0.650. The van der Waals surface area contributed by atoms with E-state index in [-0.39, 0.29) is 16.1 Å². The fraction of sp³-hybridized carbons (Fsp3) is 0.136. The number of nitrogens with one attached hydrogen (secondary N) is 1. The maximum Gasteiger partial charge on any atom is 0.264 e. The molecule has 5 nitrogen and oxygen atoms in total. The Hall–Kier alpha value is -3.19.